The highest BCUT2D eigenvalue weighted by Crippen LogP contribution is 2.20. The van der Waals surface area contributed by atoms with Crippen LogP contribution in [0.15, 0.2) is 49.2 Å². The van der Waals surface area contributed by atoms with Crippen molar-refractivity contribution in [3.63, 3.8) is 0 Å². The molecule has 0 N–H and O–H groups in total. The minimum Gasteiger partial charge on any atom is -0.324 e. The van der Waals surface area contributed by atoms with E-state index in [2.05, 4.69) is 28.3 Å². The van der Waals surface area contributed by atoms with Gasteiger partial charge in [-0.25, -0.2) is 4.98 Å². The average Bonchev–Trinajstić information content (AvgIpc) is 2.63. The van der Waals surface area contributed by atoms with Crippen LogP contribution in [0, 0.1) is 6.92 Å². The number of aromatic nitrogens is 2. The van der Waals surface area contributed by atoms with Crippen molar-refractivity contribution < 1.29 is 0 Å². The fraction of sp³-hybridized carbons (Fsp3) is 0.154. The summed E-state index contributed by atoms with van der Waals surface area (Å²) in [7, 11) is 0. The lowest BCUT2D eigenvalue weighted by Crippen LogP contribution is -2.00. The number of benzene rings is 1. The van der Waals surface area contributed by atoms with E-state index in [1.165, 1.54) is 5.56 Å². The molecule has 0 atom stereocenters. The molecule has 0 amide bonds. The Balaban J connectivity index is 2.49. The fourth-order valence-electron chi connectivity index (χ4n) is 1.67. The van der Waals surface area contributed by atoms with Crippen LogP contribution in [0.4, 0.5) is 0 Å². The Labute approximate surface area is 89.9 Å². The molecule has 1 aromatic carbocycles. The summed E-state index contributed by atoms with van der Waals surface area (Å²) in [5, 5.41) is 0. The molecule has 76 valence electrons. The first-order valence-electron chi connectivity index (χ1n) is 5.01. The highest BCUT2D eigenvalue weighted by atomic mass is 15.1. The number of hydrogen-bond acceptors (Lipinski definition) is 1. The zero-order chi connectivity index (χ0) is 10.7. The standard InChI is InChI=1S/C13H14N2/c1-3-9-15-11(2)14-10-13(15)12-7-5-4-6-8-12/h3-8,10H,1,9H2,2H3. The summed E-state index contributed by atoms with van der Waals surface area (Å²) in [6.07, 6.45) is 3.80. The Morgan fingerprint density at radius 2 is 2.07 bits per heavy atom. The molecule has 0 saturated carbocycles. The molecule has 1 aromatic heterocycles. The predicted octanol–water partition coefficient (Wildman–Crippen LogP) is 3.04. The first-order chi connectivity index (χ1) is 7.33. The number of rotatable bonds is 3. The molecule has 2 nitrogen and oxygen atoms in total. The van der Waals surface area contributed by atoms with E-state index in [0.29, 0.717) is 0 Å². The quantitative estimate of drug-likeness (QED) is 0.693. The van der Waals surface area contributed by atoms with Crippen LogP contribution in [0.1, 0.15) is 5.82 Å². The van der Waals surface area contributed by atoms with Gasteiger partial charge in [-0.2, -0.15) is 0 Å². The van der Waals surface area contributed by atoms with E-state index in [4.69, 9.17) is 0 Å². The summed E-state index contributed by atoms with van der Waals surface area (Å²) >= 11 is 0. The lowest BCUT2D eigenvalue weighted by Gasteiger charge is -2.07. The van der Waals surface area contributed by atoms with E-state index in [9.17, 15) is 0 Å². The number of allylic oxidation sites excluding steroid dienone is 1. The first-order valence-corrected chi connectivity index (χ1v) is 5.01. The van der Waals surface area contributed by atoms with E-state index in [1.807, 2.05) is 37.4 Å². The summed E-state index contributed by atoms with van der Waals surface area (Å²) in [5.74, 6) is 1.02. The van der Waals surface area contributed by atoms with E-state index in [0.717, 1.165) is 18.1 Å². The maximum absolute atomic E-state index is 4.33. The van der Waals surface area contributed by atoms with Crippen molar-refractivity contribution in [2.45, 2.75) is 13.5 Å². The maximum atomic E-state index is 4.33. The monoisotopic (exact) mass is 198 g/mol. The molecule has 0 aliphatic rings. The third kappa shape index (κ3) is 1.84. The third-order valence-corrected chi connectivity index (χ3v) is 2.44. The Morgan fingerprint density at radius 1 is 1.33 bits per heavy atom. The van der Waals surface area contributed by atoms with Gasteiger partial charge in [0.1, 0.15) is 5.82 Å². The molecule has 0 saturated heterocycles. The summed E-state index contributed by atoms with van der Waals surface area (Å²) < 4.78 is 2.16. The molecule has 0 spiro atoms. The van der Waals surface area contributed by atoms with Gasteiger partial charge in [-0.1, -0.05) is 36.4 Å². The molecular formula is C13H14N2. The predicted molar refractivity (Wildman–Crippen MR) is 62.6 cm³/mol. The Morgan fingerprint density at radius 3 is 2.73 bits per heavy atom. The minimum atomic E-state index is 0.802. The third-order valence-electron chi connectivity index (χ3n) is 2.44. The van der Waals surface area contributed by atoms with E-state index in [1.54, 1.807) is 0 Å². The van der Waals surface area contributed by atoms with E-state index < -0.39 is 0 Å². The number of aryl methyl sites for hydroxylation is 1. The maximum Gasteiger partial charge on any atom is 0.106 e. The lowest BCUT2D eigenvalue weighted by molar-refractivity contribution is 0.789. The van der Waals surface area contributed by atoms with Crippen molar-refractivity contribution in [1.29, 1.82) is 0 Å². The summed E-state index contributed by atoms with van der Waals surface area (Å²) in [5.41, 5.74) is 2.34. The van der Waals surface area contributed by atoms with Crippen LogP contribution >= 0.6 is 0 Å². The second kappa shape index (κ2) is 4.13. The van der Waals surface area contributed by atoms with E-state index in [-0.39, 0.29) is 0 Å². The van der Waals surface area contributed by atoms with Crippen molar-refractivity contribution in [3.05, 3.63) is 55.0 Å². The van der Waals surface area contributed by atoms with Gasteiger partial charge < -0.3 is 4.57 Å². The smallest absolute Gasteiger partial charge is 0.106 e. The number of hydrogen-bond donors (Lipinski definition) is 0. The minimum absolute atomic E-state index is 0.802. The largest absolute Gasteiger partial charge is 0.324 e. The van der Waals surface area contributed by atoms with Crippen LogP contribution < -0.4 is 0 Å². The van der Waals surface area contributed by atoms with Crippen LogP contribution in [0.3, 0.4) is 0 Å². The topological polar surface area (TPSA) is 17.8 Å². The number of nitrogens with zero attached hydrogens (tertiary/aromatic N) is 2. The van der Waals surface area contributed by atoms with Crippen molar-refractivity contribution in [1.82, 2.24) is 9.55 Å². The van der Waals surface area contributed by atoms with Gasteiger partial charge in [-0.15, -0.1) is 6.58 Å². The van der Waals surface area contributed by atoms with Gasteiger partial charge in [0, 0.05) is 6.54 Å². The van der Waals surface area contributed by atoms with Gasteiger partial charge >= 0.3 is 0 Å². The van der Waals surface area contributed by atoms with Crippen LogP contribution in [0.2, 0.25) is 0 Å². The molecule has 0 aliphatic carbocycles. The highest BCUT2D eigenvalue weighted by Gasteiger charge is 2.06. The zero-order valence-corrected chi connectivity index (χ0v) is 8.85. The molecule has 0 bridgehead atoms. The summed E-state index contributed by atoms with van der Waals surface area (Å²) in [6.45, 7) is 6.57. The van der Waals surface area contributed by atoms with Crippen molar-refractivity contribution >= 4 is 0 Å². The molecule has 0 unspecified atom stereocenters. The van der Waals surface area contributed by atoms with Crippen molar-refractivity contribution in [2.24, 2.45) is 0 Å². The van der Waals surface area contributed by atoms with Gasteiger partial charge in [-0.05, 0) is 12.5 Å². The van der Waals surface area contributed by atoms with Gasteiger partial charge in [-0.3, -0.25) is 0 Å². The van der Waals surface area contributed by atoms with Gasteiger partial charge in [0.05, 0.1) is 11.9 Å². The Kier molecular flexibility index (Phi) is 2.68. The van der Waals surface area contributed by atoms with Gasteiger partial charge in [0.2, 0.25) is 0 Å². The first kappa shape index (κ1) is 9.71. The second-order valence-electron chi connectivity index (χ2n) is 3.46. The van der Waals surface area contributed by atoms with Crippen LogP contribution in [0.5, 0.6) is 0 Å². The van der Waals surface area contributed by atoms with Crippen LogP contribution in [-0.4, -0.2) is 9.55 Å². The molecule has 0 radical (unpaired) electrons. The fourth-order valence-corrected chi connectivity index (χ4v) is 1.67. The van der Waals surface area contributed by atoms with Crippen LogP contribution in [0.25, 0.3) is 11.3 Å². The lowest BCUT2D eigenvalue weighted by atomic mass is 10.2. The summed E-state index contributed by atoms with van der Waals surface area (Å²) in [4.78, 5) is 4.33. The Bertz CT molecular complexity index is 455. The molecule has 0 aliphatic heterocycles. The van der Waals surface area contributed by atoms with Gasteiger partial charge in [0.15, 0.2) is 0 Å². The molecule has 2 rings (SSSR count). The second-order valence-corrected chi connectivity index (χ2v) is 3.46. The average molecular weight is 198 g/mol. The molecule has 2 aromatic rings. The highest BCUT2D eigenvalue weighted by molar-refractivity contribution is 5.59. The Hall–Kier alpha value is -1.83. The normalized spacial score (nSPS) is 10.2. The van der Waals surface area contributed by atoms with E-state index >= 15 is 0 Å². The van der Waals surface area contributed by atoms with Gasteiger partial charge in [0.25, 0.3) is 0 Å². The van der Waals surface area contributed by atoms with Crippen LogP contribution in [-0.2, 0) is 6.54 Å². The van der Waals surface area contributed by atoms with Crippen molar-refractivity contribution in [2.75, 3.05) is 0 Å². The molecule has 2 heteroatoms. The molecule has 1 heterocycles. The zero-order valence-electron chi connectivity index (χ0n) is 8.85. The SMILES string of the molecule is C=CCn1c(-c2ccccc2)cnc1C. The molecule has 15 heavy (non-hydrogen) atoms. The molecular weight excluding hydrogens is 184 g/mol. The van der Waals surface area contributed by atoms with Crippen molar-refractivity contribution in [3.8, 4) is 11.3 Å². The molecule has 0 fully saturated rings. The summed E-state index contributed by atoms with van der Waals surface area (Å²) in [6, 6.07) is 10.3. The number of imidazole rings is 1.